The van der Waals surface area contributed by atoms with E-state index < -0.39 is 0 Å². The molecule has 3 aromatic carbocycles. The first-order chi connectivity index (χ1) is 11.4. The Bertz CT molecular complexity index is 820. The summed E-state index contributed by atoms with van der Waals surface area (Å²) in [6.45, 7) is 0. The standard InChI is InChI=1S/C21H18N2/c1-2-5-16(6-3-1)17-9-11-18(12-10-17)19-7-4-8-20(15-19)21-13-14-22-23-21/h1-15,21-23H. The van der Waals surface area contributed by atoms with Crippen LogP contribution in [0.1, 0.15) is 11.6 Å². The SMILES string of the molecule is C1=CC(c2cccc(-c3ccc(-c4ccccc4)cc3)c2)NN1. The number of benzene rings is 3. The van der Waals surface area contributed by atoms with Crippen LogP contribution >= 0.6 is 0 Å². The molecule has 2 nitrogen and oxygen atoms in total. The molecule has 2 heteroatoms. The molecule has 1 heterocycles. The minimum atomic E-state index is 0.235. The van der Waals surface area contributed by atoms with Crippen LogP contribution in [-0.4, -0.2) is 0 Å². The molecule has 0 aromatic heterocycles. The molecule has 0 amide bonds. The number of hydrogen-bond donors (Lipinski definition) is 2. The third-order valence-corrected chi connectivity index (χ3v) is 4.18. The number of hydrazine groups is 1. The molecule has 0 aliphatic carbocycles. The predicted molar refractivity (Wildman–Crippen MR) is 95.5 cm³/mol. The Balaban J connectivity index is 1.63. The molecule has 0 saturated carbocycles. The first kappa shape index (κ1) is 13.8. The van der Waals surface area contributed by atoms with Gasteiger partial charge in [0, 0.05) is 6.20 Å². The molecule has 0 radical (unpaired) electrons. The first-order valence-corrected chi connectivity index (χ1v) is 7.84. The normalized spacial score (nSPS) is 16.3. The van der Waals surface area contributed by atoms with Crippen molar-refractivity contribution in [2.75, 3.05) is 0 Å². The minimum absolute atomic E-state index is 0.235. The van der Waals surface area contributed by atoms with Crippen LogP contribution in [0.25, 0.3) is 22.3 Å². The fraction of sp³-hybridized carbons (Fsp3) is 0.0476. The second-order valence-electron chi connectivity index (χ2n) is 5.69. The van der Waals surface area contributed by atoms with Crippen LogP contribution < -0.4 is 10.9 Å². The molecule has 112 valence electrons. The topological polar surface area (TPSA) is 24.1 Å². The van der Waals surface area contributed by atoms with Gasteiger partial charge in [-0.05, 0) is 40.0 Å². The van der Waals surface area contributed by atoms with E-state index in [9.17, 15) is 0 Å². The van der Waals surface area contributed by atoms with E-state index in [0.717, 1.165) is 0 Å². The van der Waals surface area contributed by atoms with Gasteiger partial charge in [0.25, 0.3) is 0 Å². The third kappa shape index (κ3) is 2.89. The summed E-state index contributed by atoms with van der Waals surface area (Å²) < 4.78 is 0. The van der Waals surface area contributed by atoms with Crippen molar-refractivity contribution in [3.05, 3.63) is 96.7 Å². The summed E-state index contributed by atoms with van der Waals surface area (Å²) >= 11 is 0. The minimum Gasteiger partial charge on any atom is -0.328 e. The van der Waals surface area contributed by atoms with Gasteiger partial charge in [-0.25, -0.2) is 5.43 Å². The highest BCUT2D eigenvalue weighted by Crippen LogP contribution is 2.27. The molecule has 2 N–H and O–H groups in total. The van der Waals surface area contributed by atoms with E-state index in [0.29, 0.717) is 0 Å². The highest BCUT2D eigenvalue weighted by Gasteiger charge is 2.11. The van der Waals surface area contributed by atoms with Crippen LogP contribution in [0.15, 0.2) is 91.1 Å². The molecular formula is C21H18N2. The van der Waals surface area contributed by atoms with Crippen LogP contribution in [0.2, 0.25) is 0 Å². The Hall–Kier alpha value is -2.84. The van der Waals surface area contributed by atoms with Crippen molar-refractivity contribution in [1.82, 2.24) is 10.9 Å². The maximum Gasteiger partial charge on any atom is 0.0708 e. The van der Waals surface area contributed by atoms with Gasteiger partial charge >= 0.3 is 0 Å². The van der Waals surface area contributed by atoms with Gasteiger partial charge in [0.2, 0.25) is 0 Å². The van der Waals surface area contributed by atoms with Crippen molar-refractivity contribution >= 4 is 0 Å². The zero-order valence-corrected chi connectivity index (χ0v) is 12.7. The molecule has 3 aromatic rings. The molecule has 0 spiro atoms. The molecule has 0 saturated heterocycles. The molecule has 0 fully saturated rings. The average Bonchev–Trinajstić information content (AvgIpc) is 3.18. The van der Waals surface area contributed by atoms with Crippen molar-refractivity contribution < 1.29 is 0 Å². The van der Waals surface area contributed by atoms with Gasteiger partial charge in [0.15, 0.2) is 0 Å². The highest BCUT2D eigenvalue weighted by atomic mass is 15.4. The van der Waals surface area contributed by atoms with Gasteiger partial charge in [0.1, 0.15) is 0 Å². The van der Waals surface area contributed by atoms with Crippen molar-refractivity contribution in [1.29, 1.82) is 0 Å². The Morgan fingerprint density at radius 3 is 1.96 bits per heavy atom. The van der Waals surface area contributed by atoms with Crippen LogP contribution in [0.4, 0.5) is 0 Å². The lowest BCUT2D eigenvalue weighted by atomic mass is 9.97. The Morgan fingerprint density at radius 2 is 1.26 bits per heavy atom. The lowest BCUT2D eigenvalue weighted by molar-refractivity contribution is 0.610. The predicted octanol–water partition coefficient (Wildman–Crippen LogP) is 4.68. The summed E-state index contributed by atoms with van der Waals surface area (Å²) in [5.41, 5.74) is 12.5. The lowest BCUT2D eigenvalue weighted by Crippen LogP contribution is -2.24. The van der Waals surface area contributed by atoms with Crippen molar-refractivity contribution in [2.45, 2.75) is 6.04 Å². The fourth-order valence-electron chi connectivity index (χ4n) is 2.92. The third-order valence-electron chi connectivity index (χ3n) is 4.18. The molecule has 1 aliphatic rings. The van der Waals surface area contributed by atoms with Crippen LogP contribution in [0.3, 0.4) is 0 Å². The van der Waals surface area contributed by atoms with Gasteiger partial charge < -0.3 is 5.43 Å². The van der Waals surface area contributed by atoms with Gasteiger partial charge in [-0.15, -0.1) is 0 Å². The second-order valence-corrected chi connectivity index (χ2v) is 5.69. The number of rotatable bonds is 3. The Labute approximate surface area is 136 Å². The molecule has 23 heavy (non-hydrogen) atoms. The van der Waals surface area contributed by atoms with Gasteiger partial charge in [0.05, 0.1) is 6.04 Å². The molecular weight excluding hydrogens is 280 g/mol. The fourth-order valence-corrected chi connectivity index (χ4v) is 2.92. The van der Waals surface area contributed by atoms with E-state index in [2.05, 4.69) is 89.7 Å². The summed E-state index contributed by atoms with van der Waals surface area (Å²) in [5, 5.41) is 0. The Kier molecular flexibility index (Phi) is 3.66. The largest absolute Gasteiger partial charge is 0.328 e. The van der Waals surface area contributed by atoms with Gasteiger partial charge in [-0.2, -0.15) is 0 Å². The van der Waals surface area contributed by atoms with E-state index in [-0.39, 0.29) is 6.04 Å². The van der Waals surface area contributed by atoms with Gasteiger partial charge in [-0.1, -0.05) is 72.8 Å². The molecule has 1 atom stereocenters. The monoisotopic (exact) mass is 298 g/mol. The first-order valence-electron chi connectivity index (χ1n) is 7.84. The summed E-state index contributed by atoms with van der Waals surface area (Å²) in [7, 11) is 0. The van der Waals surface area contributed by atoms with E-state index in [1.165, 1.54) is 27.8 Å². The average molecular weight is 298 g/mol. The summed E-state index contributed by atoms with van der Waals surface area (Å²) in [6.07, 6.45) is 4.06. The van der Waals surface area contributed by atoms with Crippen LogP contribution in [0.5, 0.6) is 0 Å². The quantitative estimate of drug-likeness (QED) is 0.733. The highest BCUT2D eigenvalue weighted by molar-refractivity contribution is 5.70. The lowest BCUT2D eigenvalue weighted by Gasteiger charge is -2.11. The van der Waals surface area contributed by atoms with Gasteiger partial charge in [-0.3, -0.25) is 0 Å². The summed E-state index contributed by atoms with van der Waals surface area (Å²) in [5.74, 6) is 0. The van der Waals surface area contributed by atoms with E-state index in [4.69, 9.17) is 0 Å². The van der Waals surface area contributed by atoms with Crippen LogP contribution in [0, 0.1) is 0 Å². The van der Waals surface area contributed by atoms with E-state index >= 15 is 0 Å². The summed E-state index contributed by atoms with van der Waals surface area (Å²) in [6, 6.07) is 28.1. The summed E-state index contributed by atoms with van der Waals surface area (Å²) in [4.78, 5) is 0. The van der Waals surface area contributed by atoms with Crippen molar-refractivity contribution in [3.8, 4) is 22.3 Å². The van der Waals surface area contributed by atoms with Crippen molar-refractivity contribution in [3.63, 3.8) is 0 Å². The van der Waals surface area contributed by atoms with Crippen molar-refractivity contribution in [2.24, 2.45) is 0 Å². The second kappa shape index (κ2) is 6.11. The van der Waals surface area contributed by atoms with E-state index in [1.807, 2.05) is 12.3 Å². The van der Waals surface area contributed by atoms with E-state index in [1.54, 1.807) is 0 Å². The number of hydrogen-bond acceptors (Lipinski definition) is 2. The zero-order chi connectivity index (χ0) is 15.5. The molecule has 0 bridgehead atoms. The zero-order valence-electron chi connectivity index (χ0n) is 12.7. The molecule has 1 unspecified atom stereocenters. The molecule has 1 aliphatic heterocycles. The maximum absolute atomic E-state index is 3.22. The molecule has 4 rings (SSSR count). The smallest absolute Gasteiger partial charge is 0.0708 e. The Morgan fingerprint density at radius 1 is 0.609 bits per heavy atom. The number of nitrogens with one attached hydrogen (secondary N) is 2. The maximum atomic E-state index is 3.22. The van der Waals surface area contributed by atoms with Crippen LogP contribution in [-0.2, 0) is 0 Å².